The van der Waals surface area contributed by atoms with Gasteiger partial charge in [-0.2, -0.15) is 0 Å². The molecule has 0 radical (unpaired) electrons. The first-order valence-corrected chi connectivity index (χ1v) is 9.70. The lowest BCUT2D eigenvalue weighted by molar-refractivity contribution is 0.174. The van der Waals surface area contributed by atoms with Crippen LogP contribution < -0.4 is 16.4 Å². The van der Waals surface area contributed by atoms with Crippen molar-refractivity contribution in [2.24, 2.45) is 10.7 Å². The Morgan fingerprint density at radius 1 is 1.23 bits per heavy atom. The van der Waals surface area contributed by atoms with E-state index < -0.39 is 0 Å². The summed E-state index contributed by atoms with van der Waals surface area (Å²) in [6, 6.07) is 1.15. The second-order valence-electron chi connectivity index (χ2n) is 7.28. The number of halogens is 1. The van der Waals surface area contributed by atoms with E-state index in [9.17, 15) is 4.79 Å². The summed E-state index contributed by atoms with van der Waals surface area (Å²) in [4.78, 5) is 20.1. The van der Waals surface area contributed by atoms with Crippen LogP contribution in [0.5, 0.6) is 0 Å². The van der Waals surface area contributed by atoms with E-state index in [4.69, 9.17) is 10.7 Å². The molecule has 1 aliphatic heterocycles. The fraction of sp³-hybridized carbons (Fsp3) is 0.889. The fourth-order valence-corrected chi connectivity index (χ4v) is 3.31. The Bertz CT molecular complexity index is 414. The summed E-state index contributed by atoms with van der Waals surface area (Å²) in [7, 11) is 0. The number of aliphatic imine (C=N–C) groups is 1. The van der Waals surface area contributed by atoms with Crippen LogP contribution in [0.3, 0.4) is 0 Å². The highest BCUT2D eigenvalue weighted by atomic mass is 127. The van der Waals surface area contributed by atoms with Crippen LogP contribution in [-0.2, 0) is 0 Å². The molecule has 0 aliphatic carbocycles. The minimum absolute atomic E-state index is 0. The lowest BCUT2D eigenvalue weighted by Gasteiger charge is -2.32. The highest BCUT2D eigenvalue weighted by molar-refractivity contribution is 14.0. The van der Waals surface area contributed by atoms with Crippen LogP contribution in [0.15, 0.2) is 4.99 Å². The summed E-state index contributed by atoms with van der Waals surface area (Å²) in [6.07, 6.45) is 2.86. The molecule has 8 heteroatoms. The molecular formula is C18H39IN6O. The van der Waals surface area contributed by atoms with E-state index in [-0.39, 0.29) is 30.0 Å². The molecule has 1 rings (SSSR count). The number of carbonyl (C=O) groups excluding carboxylic acids is 1. The Kier molecular flexibility index (Phi) is 13.0. The van der Waals surface area contributed by atoms with Gasteiger partial charge in [0.15, 0.2) is 5.96 Å². The number of nitrogens with zero attached hydrogens (tertiary/aromatic N) is 3. The van der Waals surface area contributed by atoms with Crippen LogP contribution in [0.1, 0.15) is 53.9 Å². The number of likely N-dealkylation sites (tertiary alicyclic amines) is 1. The molecule has 7 nitrogen and oxygen atoms in total. The topological polar surface area (TPSA) is 86.0 Å². The second-order valence-corrected chi connectivity index (χ2v) is 7.28. The molecule has 0 aromatic rings. The van der Waals surface area contributed by atoms with Gasteiger partial charge in [0, 0.05) is 50.8 Å². The van der Waals surface area contributed by atoms with E-state index in [2.05, 4.69) is 50.2 Å². The van der Waals surface area contributed by atoms with Crippen molar-refractivity contribution in [1.29, 1.82) is 0 Å². The Labute approximate surface area is 176 Å². The summed E-state index contributed by atoms with van der Waals surface area (Å²) in [5, 5.41) is 6.81. The molecule has 0 unspecified atom stereocenters. The second kappa shape index (κ2) is 13.4. The third-order valence-corrected chi connectivity index (χ3v) is 4.66. The number of primary amides is 1. The number of rotatable bonds is 8. The van der Waals surface area contributed by atoms with Gasteiger partial charge < -0.3 is 21.3 Å². The van der Waals surface area contributed by atoms with E-state index in [0.717, 1.165) is 44.9 Å². The average Bonchev–Trinajstić information content (AvgIpc) is 2.54. The zero-order valence-electron chi connectivity index (χ0n) is 17.1. The van der Waals surface area contributed by atoms with Crippen molar-refractivity contribution in [2.45, 2.75) is 72.0 Å². The molecule has 1 aliphatic rings. The van der Waals surface area contributed by atoms with Gasteiger partial charge in [-0.05, 0) is 53.9 Å². The summed E-state index contributed by atoms with van der Waals surface area (Å²) in [5.41, 5.74) is 5.34. The van der Waals surface area contributed by atoms with Gasteiger partial charge in [-0.25, -0.2) is 4.79 Å². The van der Waals surface area contributed by atoms with Crippen molar-refractivity contribution in [3.8, 4) is 0 Å². The van der Waals surface area contributed by atoms with Crippen LogP contribution in [0.25, 0.3) is 0 Å². The van der Waals surface area contributed by atoms with Gasteiger partial charge in [0.25, 0.3) is 0 Å². The highest BCUT2D eigenvalue weighted by Crippen LogP contribution is 2.10. The normalized spacial score (nSPS) is 16.2. The van der Waals surface area contributed by atoms with Crippen LogP contribution in [0.2, 0.25) is 0 Å². The number of piperidine rings is 1. The molecule has 0 saturated carbocycles. The number of hydrogen-bond donors (Lipinski definition) is 3. The van der Waals surface area contributed by atoms with E-state index in [0.29, 0.717) is 31.2 Å². The standard InChI is InChI=1S/C18H38N6O.HI/c1-6-20-18(21-10-7-11-24(14(2)3)15(4)5)22-16-8-12-23(13-9-16)17(19)25;/h14-16H,6-13H2,1-5H3,(H2,19,25)(H2,20,21,22);1H. The van der Waals surface area contributed by atoms with E-state index in [1.54, 1.807) is 4.90 Å². The number of amides is 2. The molecule has 26 heavy (non-hydrogen) atoms. The summed E-state index contributed by atoms with van der Waals surface area (Å²) in [6.45, 7) is 15.2. The van der Waals surface area contributed by atoms with E-state index >= 15 is 0 Å². The lowest BCUT2D eigenvalue weighted by Crippen LogP contribution is -2.50. The Hall–Kier alpha value is -0.770. The van der Waals surface area contributed by atoms with E-state index in [1.165, 1.54) is 0 Å². The van der Waals surface area contributed by atoms with Gasteiger partial charge in [-0.15, -0.1) is 24.0 Å². The lowest BCUT2D eigenvalue weighted by atomic mass is 10.1. The Morgan fingerprint density at radius 3 is 2.27 bits per heavy atom. The van der Waals surface area contributed by atoms with Crippen molar-refractivity contribution in [3.05, 3.63) is 0 Å². The van der Waals surface area contributed by atoms with E-state index in [1.807, 2.05) is 0 Å². The van der Waals surface area contributed by atoms with Crippen LogP contribution in [0.4, 0.5) is 4.79 Å². The molecule has 2 amide bonds. The first-order chi connectivity index (χ1) is 11.8. The maximum Gasteiger partial charge on any atom is 0.314 e. The molecular weight excluding hydrogens is 443 g/mol. The minimum Gasteiger partial charge on any atom is -0.357 e. The fourth-order valence-electron chi connectivity index (χ4n) is 3.31. The number of hydrogen-bond acceptors (Lipinski definition) is 3. The SMILES string of the molecule is CCNC(=NCCCN(C(C)C)C(C)C)NC1CCN(C(N)=O)CC1.I. The molecule has 0 spiro atoms. The maximum atomic E-state index is 11.2. The molecule has 154 valence electrons. The van der Waals surface area contributed by atoms with Crippen molar-refractivity contribution in [1.82, 2.24) is 20.4 Å². The van der Waals surface area contributed by atoms with Crippen LogP contribution in [-0.4, -0.2) is 72.6 Å². The molecule has 0 aromatic heterocycles. The molecule has 0 aromatic carbocycles. The Morgan fingerprint density at radius 2 is 1.81 bits per heavy atom. The maximum absolute atomic E-state index is 11.2. The number of carbonyl (C=O) groups is 1. The monoisotopic (exact) mass is 482 g/mol. The number of guanidine groups is 1. The van der Waals surface area contributed by atoms with Crippen LogP contribution in [0, 0.1) is 0 Å². The number of urea groups is 1. The predicted molar refractivity (Wildman–Crippen MR) is 120 cm³/mol. The summed E-state index contributed by atoms with van der Waals surface area (Å²) in [5.74, 6) is 0.876. The predicted octanol–water partition coefficient (Wildman–Crippen LogP) is 2.21. The van der Waals surface area contributed by atoms with Crippen molar-refractivity contribution in [2.75, 3.05) is 32.7 Å². The number of nitrogens with two attached hydrogens (primary N) is 1. The first-order valence-electron chi connectivity index (χ1n) is 9.70. The zero-order chi connectivity index (χ0) is 18.8. The number of nitrogens with one attached hydrogen (secondary N) is 2. The molecule has 1 saturated heterocycles. The zero-order valence-corrected chi connectivity index (χ0v) is 19.5. The Balaban J connectivity index is 0.00000625. The van der Waals surface area contributed by atoms with Gasteiger partial charge in [0.05, 0.1) is 0 Å². The largest absolute Gasteiger partial charge is 0.357 e. The van der Waals surface area contributed by atoms with Crippen molar-refractivity contribution >= 4 is 36.0 Å². The highest BCUT2D eigenvalue weighted by Gasteiger charge is 2.21. The first kappa shape index (κ1) is 25.2. The third-order valence-electron chi connectivity index (χ3n) is 4.66. The van der Waals surface area contributed by atoms with Crippen molar-refractivity contribution < 1.29 is 4.79 Å². The average molecular weight is 482 g/mol. The van der Waals surface area contributed by atoms with Gasteiger partial charge in [0.2, 0.25) is 0 Å². The van der Waals surface area contributed by atoms with Gasteiger partial charge in [-0.1, -0.05) is 0 Å². The minimum atomic E-state index is -0.320. The quantitative estimate of drug-likeness (QED) is 0.214. The molecule has 4 N–H and O–H groups in total. The summed E-state index contributed by atoms with van der Waals surface area (Å²) < 4.78 is 0. The summed E-state index contributed by atoms with van der Waals surface area (Å²) >= 11 is 0. The van der Waals surface area contributed by atoms with Gasteiger partial charge >= 0.3 is 6.03 Å². The third kappa shape index (κ3) is 9.25. The molecule has 0 bridgehead atoms. The smallest absolute Gasteiger partial charge is 0.314 e. The van der Waals surface area contributed by atoms with Crippen molar-refractivity contribution in [3.63, 3.8) is 0 Å². The molecule has 1 heterocycles. The molecule has 1 fully saturated rings. The van der Waals surface area contributed by atoms with Crippen LogP contribution >= 0.6 is 24.0 Å². The van der Waals surface area contributed by atoms with Gasteiger partial charge in [-0.3, -0.25) is 9.89 Å². The molecule has 0 atom stereocenters. The van der Waals surface area contributed by atoms with Gasteiger partial charge in [0.1, 0.15) is 0 Å².